The average molecular weight is 415 g/mol. The molecule has 10 heteroatoms. The van der Waals surface area contributed by atoms with Gasteiger partial charge in [0.1, 0.15) is 12.2 Å². The molecular weight excluding hydrogens is 394 g/mol. The topological polar surface area (TPSA) is 107 Å². The minimum absolute atomic E-state index is 0.000823. The van der Waals surface area contributed by atoms with E-state index in [0.717, 1.165) is 35.4 Å². The fourth-order valence-electron chi connectivity index (χ4n) is 3.51. The minimum Gasteiger partial charge on any atom is -0.386 e. The molecule has 152 valence electrons. The van der Waals surface area contributed by atoms with Crippen molar-refractivity contribution in [3.8, 4) is 23.0 Å². The molecule has 3 aromatic heterocycles. The summed E-state index contributed by atoms with van der Waals surface area (Å²) in [6.07, 6.45) is 5.84. The van der Waals surface area contributed by atoms with Gasteiger partial charge in [-0.05, 0) is 19.8 Å². The number of amides is 1. The van der Waals surface area contributed by atoms with Gasteiger partial charge in [0.25, 0.3) is 5.89 Å². The summed E-state index contributed by atoms with van der Waals surface area (Å²) < 4.78 is 11.5. The van der Waals surface area contributed by atoms with Gasteiger partial charge >= 0.3 is 5.76 Å². The largest absolute Gasteiger partial charge is 0.437 e. The number of hydrogen-bond donors (Lipinski definition) is 0. The lowest BCUT2D eigenvalue weighted by Crippen LogP contribution is -2.42. The molecule has 0 N–H and O–H groups in total. The fourth-order valence-corrected chi connectivity index (χ4v) is 4.11. The second kappa shape index (κ2) is 8.16. The zero-order chi connectivity index (χ0) is 20.4. The Kier molecular flexibility index (Phi) is 5.43. The maximum atomic E-state index is 12.8. The molecule has 0 spiro atoms. The van der Waals surface area contributed by atoms with Crippen LogP contribution in [0.15, 0.2) is 37.8 Å². The van der Waals surface area contributed by atoms with Gasteiger partial charge in [0.15, 0.2) is 11.5 Å². The van der Waals surface area contributed by atoms with Gasteiger partial charge in [-0.25, -0.2) is 9.78 Å². The van der Waals surface area contributed by atoms with Gasteiger partial charge < -0.3 is 13.8 Å². The van der Waals surface area contributed by atoms with E-state index in [1.54, 1.807) is 17.0 Å². The first-order valence-corrected chi connectivity index (χ1v) is 10.3. The normalized spacial score (nSPS) is 14.4. The number of aromatic nitrogens is 4. The van der Waals surface area contributed by atoms with Crippen LogP contribution in [0.2, 0.25) is 0 Å². The Hall–Kier alpha value is -3.01. The zero-order valence-corrected chi connectivity index (χ0v) is 16.9. The molecule has 1 aliphatic rings. The summed E-state index contributed by atoms with van der Waals surface area (Å²) in [5.74, 6) is -0.443. The Labute approximate surface area is 170 Å². The van der Waals surface area contributed by atoms with E-state index in [-0.39, 0.29) is 30.1 Å². The van der Waals surface area contributed by atoms with Crippen LogP contribution in [0.4, 0.5) is 0 Å². The van der Waals surface area contributed by atoms with E-state index in [2.05, 4.69) is 21.8 Å². The first-order chi connectivity index (χ1) is 14.0. The average Bonchev–Trinajstić information content (AvgIpc) is 3.47. The van der Waals surface area contributed by atoms with Crippen LogP contribution in [0.3, 0.4) is 0 Å². The van der Waals surface area contributed by atoms with Gasteiger partial charge in [-0.3, -0.25) is 4.79 Å². The van der Waals surface area contributed by atoms with Gasteiger partial charge in [-0.1, -0.05) is 24.1 Å². The Morgan fingerprint density at radius 2 is 2.21 bits per heavy atom. The molecule has 1 fully saturated rings. The maximum absolute atomic E-state index is 12.8. The summed E-state index contributed by atoms with van der Waals surface area (Å²) >= 11 is 1.49. The first kappa shape index (κ1) is 19.3. The molecule has 0 unspecified atom stereocenters. The van der Waals surface area contributed by atoms with Crippen LogP contribution in [0.1, 0.15) is 30.7 Å². The highest BCUT2D eigenvalue weighted by Crippen LogP contribution is 2.26. The van der Waals surface area contributed by atoms with Gasteiger partial charge in [0.2, 0.25) is 5.91 Å². The van der Waals surface area contributed by atoms with Crippen molar-refractivity contribution in [3.63, 3.8) is 0 Å². The number of thiazole rings is 1. The SMILES string of the molecule is C=CCN(C(=O)Cn1nc(-c2cc(-c3csc(C)n3)on2)oc1=O)C1CCCC1. The summed E-state index contributed by atoms with van der Waals surface area (Å²) in [5, 5.41) is 10.8. The van der Waals surface area contributed by atoms with E-state index in [9.17, 15) is 9.59 Å². The quantitative estimate of drug-likeness (QED) is 0.546. The number of nitrogens with zero attached hydrogens (tertiary/aromatic N) is 5. The molecule has 0 saturated heterocycles. The van der Waals surface area contributed by atoms with Gasteiger partial charge in [-0.15, -0.1) is 23.0 Å². The third-order valence-electron chi connectivity index (χ3n) is 4.90. The Morgan fingerprint density at radius 3 is 2.90 bits per heavy atom. The second-order valence-corrected chi connectivity index (χ2v) is 7.99. The highest BCUT2D eigenvalue weighted by Gasteiger charge is 2.27. The number of aryl methyl sites for hydroxylation is 1. The van der Waals surface area contributed by atoms with Crippen molar-refractivity contribution < 1.29 is 13.7 Å². The van der Waals surface area contributed by atoms with Crippen molar-refractivity contribution >= 4 is 17.2 Å². The van der Waals surface area contributed by atoms with Crippen molar-refractivity contribution in [3.05, 3.63) is 39.7 Å². The van der Waals surface area contributed by atoms with Crippen LogP contribution < -0.4 is 5.76 Å². The molecule has 1 aliphatic carbocycles. The standard InChI is InChI=1S/C19H21N5O4S/c1-3-8-23(13-6-4-5-7-13)17(25)10-24-19(26)27-18(21-24)14-9-16(28-22-14)15-11-29-12(2)20-15/h3,9,11,13H,1,4-8,10H2,2H3. The molecule has 1 saturated carbocycles. The zero-order valence-electron chi connectivity index (χ0n) is 16.0. The lowest BCUT2D eigenvalue weighted by atomic mass is 10.2. The van der Waals surface area contributed by atoms with Crippen LogP contribution in [0.5, 0.6) is 0 Å². The molecule has 0 radical (unpaired) electrons. The van der Waals surface area contributed by atoms with Crippen molar-refractivity contribution in [2.75, 3.05) is 6.54 Å². The van der Waals surface area contributed by atoms with E-state index in [0.29, 0.717) is 18.0 Å². The maximum Gasteiger partial charge on any atom is 0.437 e. The molecule has 0 aromatic carbocycles. The van der Waals surface area contributed by atoms with Gasteiger partial charge in [0, 0.05) is 24.0 Å². The number of rotatable bonds is 7. The van der Waals surface area contributed by atoms with E-state index in [1.807, 2.05) is 12.3 Å². The molecule has 0 aliphatic heterocycles. The molecule has 0 bridgehead atoms. The summed E-state index contributed by atoms with van der Waals surface area (Å²) in [6, 6.07) is 1.79. The number of carbonyl (C=O) groups excluding carboxylic acids is 1. The second-order valence-electron chi connectivity index (χ2n) is 6.93. The third kappa shape index (κ3) is 4.07. The number of carbonyl (C=O) groups is 1. The summed E-state index contributed by atoms with van der Waals surface area (Å²) in [5.41, 5.74) is 0.924. The molecule has 29 heavy (non-hydrogen) atoms. The van der Waals surface area contributed by atoms with Gasteiger partial charge in [0.05, 0.1) is 5.01 Å². The van der Waals surface area contributed by atoms with E-state index in [4.69, 9.17) is 8.94 Å². The molecule has 4 rings (SSSR count). The Morgan fingerprint density at radius 1 is 1.41 bits per heavy atom. The summed E-state index contributed by atoms with van der Waals surface area (Å²) in [7, 11) is 0. The molecule has 9 nitrogen and oxygen atoms in total. The van der Waals surface area contributed by atoms with E-state index < -0.39 is 5.76 Å². The van der Waals surface area contributed by atoms with Crippen molar-refractivity contribution in [1.29, 1.82) is 0 Å². The molecule has 0 atom stereocenters. The smallest absolute Gasteiger partial charge is 0.386 e. The molecular formula is C19H21N5O4S. The number of hydrogen-bond acceptors (Lipinski definition) is 8. The Bertz CT molecular complexity index is 1070. The van der Waals surface area contributed by atoms with Crippen LogP contribution in [0.25, 0.3) is 23.0 Å². The summed E-state index contributed by atoms with van der Waals surface area (Å²) in [4.78, 5) is 31.1. The van der Waals surface area contributed by atoms with Crippen LogP contribution in [-0.2, 0) is 11.3 Å². The van der Waals surface area contributed by atoms with Crippen LogP contribution in [-0.4, -0.2) is 43.3 Å². The fraction of sp³-hybridized carbons (Fsp3) is 0.421. The lowest BCUT2D eigenvalue weighted by Gasteiger charge is -2.27. The summed E-state index contributed by atoms with van der Waals surface area (Å²) in [6.45, 7) is 5.88. The van der Waals surface area contributed by atoms with Crippen LogP contribution in [0, 0.1) is 6.92 Å². The molecule has 3 heterocycles. The lowest BCUT2D eigenvalue weighted by molar-refractivity contribution is -0.133. The van der Waals surface area contributed by atoms with E-state index >= 15 is 0 Å². The highest BCUT2D eigenvalue weighted by atomic mass is 32.1. The van der Waals surface area contributed by atoms with E-state index in [1.165, 1.54) is 11.3 Å². The predicted molar refractivity (Wildman–Crippen MR) is 106 cm³/mol. The first-order valence-electron chi connectivity index (χ1n) is 9.43. The minimum atomic E-state index is -0.715. The molecule has 1 amide bonds. The van der Waals surface area contributed by atoms with Crippen LogP contribution >= 0.6 is 11.3 Å². The predicted octanol–water partition coefficient (Wildman–Crippen LogP) is 2.88. The monoisotopic (exact) mass is 415 g/mol. The van der Waals surface area contributed by atoms with Crippen molar-refractivity contribution in [1.82, 2.24) is 24.8 Å². The molecule has 3 aromatic rings. The van der Waals surface area contributed by atoms with Crippen molar-refractivity contribution in [2.45, 2.75) is 45.2 Å². The Balaban J connectivity index is 1.52. The third-order valence-corrected chi connectivity index (χ3v) is 5.68. The highest BCUT2D eigenvalue weighted by molar-refractivity contribution is 7.09. The van der Waals surface area contributed by atoms with Crippen molar-refractivity contribution in [2.24, 2.45) is 0 Å². The van der Waals surface area contributed by atoms with Gasteiger partial charge in [-0.2, -0.15) is 4.68 Å².